The van der Waals surface area contributed by atoms with Gasteiger partial charge in [-0.1, -0.05) is 11.3 Å². The van der Waals surface area contributed by atoms with Crippen LogP contribution in [0.1, 0.15) is 36.2 Å². The first-order valence-corrected chi connectivity index (χ1v) is 6.85. The van der Waals surface area contributed by atoms with Gasteiger partial charge in [0.1, 0.15) is 5.52 Å². The van der Waals surface area contributed by atoms with Crippen molar-refractivity contribution in [2.24, 2.45) is 0 Å². The second kappa shape index (κ2) is 4.86. The first kappa shape index (κ1) is 13.1. The van der Waals surface area contributed by atoms with Gasteiger partial charge < -0.3 is 10.0 Å². The van der Waals surface area contributed by atoms with Crippen LogP contribution in [0.15, 0.2) is 18.2 Å². The summed E-state index contributed by atoms with van der Waals surface area (Å²) in [6, 6.07) is 6.00. The standard InChI is InChI=1S/C14H18N4O2/c1-9-8-10(6-7-17(9)2)18-12-5-3-4-11(14(19)20)13(12)15-16-18/h3-5,9-10H,6-8H2,1-2H3,(H,19,20). The van der Waals surface area contributed by atoms with Gasteiger partial charge in [0.2, 0.25) is 0 Å². The van der Waals surface area contributed by atoms with Crippen molar-refractivity contribution in [1.29, 1.82) is 0 Å². The first-order chi connectivity index (χ1) is 9.58. The second-order valence-corrected chi connectivity index (χ2v) is 5.52. The van der Waals surface area contributed by atoms with Crippen molar-refractivity contribution in [3.05, 3.63) is 23.8 Å². The first-order valence-electron chi connectivity index (χ1n) is 6.85. The molecule has 2 aromatic rings. The maximum absolute atomic E-state index is 11.2. The van der Waals surface area contributed by atoms with Gasteiger partial charge >= 0.3 is 5.97 Å². The molecule has 1 N–H and O–H groups in total. The molecule has 2 atom stereocenters. The van der Waals surface area contributed by atoms with Crippen LogP contribution in [0.5, 0.6) is 0 Å². The molecule has 6 heteroatoms. The molecule has 3 rings (SSSR count). The molecule has 1 aliphatic rings. The number of aromatic nitrogens is 3. The van der Waals surface area contributed by atoms with Gasteiger partial charge in [0.25, 0.3) is 0 Å². The van der Waals surface area contributed by atoms with E-state index < -0.39 is 5.97 Å². The number of carboxylic acids is 1. The molecule has 1 aromatic heterocycles. The van der Waals surface area contributed by atoms with E-state index in [0.717, 1.165) is 24.9 Å². The smallest absolute Gasteiger partial charge is 0.338 e. The number of nitrogens with zero attached hydrogens (tertiary/aromatic N) is 4. The number of piperidine rings is 1. The van der Waals surface area contributed by atoms with Gasteiger partial charge in [0, 0.05) is 12.6 Å². The topological polar surface area (TPSA) is 71.2 Å². The molecule has 1 aromatic carbocycles. The third-order valence-corrected chi connectivity index (χ3v) is 4.26. The van der Waals surface area contributed by atoms with Crippen LogP contribution in [0.25, 0.3) is 11.0 Å². The van der Waals surface area contributed by atoms with Crippen molar-refractivity contribution in [1.82, 2.24) is 19.9 Å². The summed E-state index contributed by atoms with van der Waals surface area (Å²) in [4.78, 5) is 13.5. The number of carboxylic acid groups (broad SMARTS) is 1. The molecule has 0 radical (unpaired) electrons. The molecule has 6 nitrogen and oxygen atoms in total. The summed E-state index contributed by atoms with van der Waals surface area (Å²) >= 11 is 0. The van der Waals surface area contributed by atoms with Crippen LogP contribution in [-0.4, -0.2) is 50.6 Å². The second-order valence-electron chi connectivity index (χ2n) is 5.52. The number of rotatable bonds is 2. The molecule has 0 aliphatic carbocycles. The van der Waals surface area contributed by atoms with Gasteiger partial charge in [-0.2, -0.15) is 0 Å². The Morgan fingerprint density at radius 2 is 2.25 bits per heavy atom. The van der Waals surface area contributed by atoms with Gasteiger partial charge in [-0.3, -0.25) is 0 Å². The Labute approximate surface area is 117 Å². The monoisotopic (exact) mass is 274 g/mol. The third kappa shape index (κ3) is 2.06. The summed E-state index contributed by atoms with van der Waals surface area (Å²) in [5, 5.41) is 17.5. The number of likely N-dealkylation sites (tertiary alicyclic amines) is 1. The molecule has 0 saturated carbocycles. The van der Waals surface area contributed by atoms with Crippen LogP contribution in [0, 0.1) is 0 Å². The molecule has 1 saturated heterocycles. The maximum atomic E-state index is 11.2. The zero-order valence-corrected chi connectivity index (χ0v) is 11.7. The number of hydrogen-bond acceptors (Lipinski definition) is 4. The van der Waals surface area contributed by atoms with Crippen LogP contribution < -0.4 is 0 Å². The molecule has 0 spiro atoms. The Bertz CT molecular complexity index is 652. The van der Waals surface area contributed by atoms with Crippen LogP contribution >= 0.6 is 0 Å². The van der Waals surface area contributed by atoms with Crippen molar-refractivity contribution in [3.8, 4) is 0 Å². The highest BCUT2D eigenvalue weighted by atomic mass is 16.4. The average Bonchev–Trinajstić information content (AvgIpc) is 2.85. The average molecular weight is 274 g/mol. The lowest BCUT2D eigenvalue weighted by atomic mass is 9.99. The Balaban J connectivity index is 2.01. The van der Waals surface area contributed by atoms with Crippen molar-refractivity contribution in [3.63, 3.8) is 0 Å². The summed E-state index contributed by atoms with van der Waals surface area (Å²) in [5.74, 6) is -0.959. The molecule has 20 heavy (non-hydrogen) atoms. The molecule has 0 bridgehead atoms. The molecule has 0 amide bonds. The normalized spacial score (nSPS) is 24.1. The fraction of sp³-hybridized carbons (Fsp3) is 0.500. The highest BCUT2D eigenvalue weighted by Crippen LogP contribution is 2.28. The van der Waals surface area contributed by atoms with Crippen LogP contribution in [0.4, 0.5) is 0 Å². The van der Waals surface area contributed by atoms with E-state index in [0.29, 0.717) is 11.6 Å². The fourth-order valence-corrected chi connectivity index (χ4v) is 2.89. The van der Waals surface area contributed by atoms with Gasteiger partial charge in [0.05, 0.1) is 17.1 Å². The summed E-state index contributed by atoms with van der Waals surface area (Å²) in [7, 11) is 2.13. The van der Waals surface area contributed by atoms with Gasteiger partial charge in [-0.25, -0.2) is 9.48 Å². The quantitative estimate of drug-likeness (QED) is 0.904. The van der Waals surface area contributed by atoms with E-state index >= 15 is 0 Å². The van der Waals surface area contributed by atoms with Crippen LogP contribution in [-0.2, 0) is 0 Å². The Hall–Kier alpha value is -1.95. The lowest BCUT2D eigenvalue weighted by molar-refractivity contribution is 0.0699. The number of hydrogen-bond donors (Lipinski definition) is 1. The highest BCUT2D eigenvalue weighted by Gasteiger charge is 2.26. The minimum atomic E-state index is -0.959. The van der Waals surface area contributed by atoms with Crippen molar-refractivity contribution < 1.29 is 9.90 Å². The number of aromatic carboxylic acids is 1. The molecule has 106 valence electrons. The van der Waals surface area contributed by atoms with E-state index in [4.69, 9.17) is 0 Å². The Morgan fingerprint density at radius 1 is 1.45 bits per heavy atom. The van der Waals surface area contributed by atoms with Crippen molar-refractivity contribution in [2.75, 3.05) is 13.6 Å². The number of benzene rings is 1. The summed E-state index contributed by atoms with van der Waals surface area (Å²) in [6.07, 6.45) is 2.02. The molecule has 1 fully saturated rings. The molecular formula is C14H18N4O2. The molecule has 1 aliphatic heterocycles. The highest BCUT2D eigenvalue weighted by molar-refractivity contribution is 6.00. The molecular weight excluding hydrogens is 256 g/mol. The van der Waals surface area contributed by atoms with E-state index in [2.05, 4.69) is 29.2 Å². The lowest BCUT2D eigenvalue weighted by Gasteiger charge is -2.35. The zero-order valence-electron chi connectivity index (χ0n) is 11.7. The summed E-state index contributed by atoms with van der Waals surface area (Å²) in [6.45, 7) is 3.22. The van der Waals surface area contributed by atoms with E-state index in [1.54, 1.807) is 12.1 Å². The Kier molecular flexibility index (Phi) is 3.17. The Morgan fingerprint density at radius 3 is 2.95 bits per heavy atom. The SMILES string of the molecule is CC1CC(n2nnc3c(C(=O)O)cccc32)CCN1C. The molecule has 2 heterocycles. The van der Waals surface area contributed by atoms with Crippen molar-refractivity contribution in [2.45, 2.75) is 31.8 Å². The van der Waals surface area contributed by atoms with E-state index in [-0.39, 0.29) is 11.6 Å². The van der Waals surface area contributed by atoms with Gasteiger partial charge in [-0.05, 0) is 38.9 Å². The summed E-state index contributed by atoms with van der Waals surface area (Å²) in [5.41, 5.74) is 1.51. The van der Waals surface area contributed by atoms with Crippen LogP contribution in [0.2, 0.25) is 0 Å². The van der Waals surface area contributed by atoms with Gasteiger partial charge in [-0.15, -0.1) is 5.10 Å². The van der Waals surface area contributed by atoms with Crippen LogP contribution in [0.3, 0.4) is 0 Å². The molecule has 2 unspecified atom stereocenters. The fourth-order valence-electron chi connectivity index (χ4n) is 2.89. The van der Waals surface area contributed by atoms with Crippen molar-refractivity contribution >= 4 is 17.0 Å². The lowest BCUT2D eigenvalue weighted by Crippen LogP contribution is -2.38. The van der Waals surface area contributed by atoms with Gasteiger partial charge in [0.15, 0.2) is 0 Å². The number of carbonyl (C=O) groups is 1. The van der Waals surface area contributed by atoms with E-state index in [1.165, 1.54) is 0 Å². The van der Waals surface area contributed by atoms with E-state index in [1.807, 2.05) is 10.7 Å². The third-order valence-electron chi connectivity index (χ3n) is 4.26. The van der Waals surface area contributed by atoms with E-state index in [9.17, 15) is 9.90 Å². The predicted molar refractivity (Wildman–Crippen MR) is 74.9 cm³/mol. The minimum absolute atomic E-state index is 0.217. The zero-order chi connectivity index (χ0) is 14.3. The number of fused-ring (bicyclic) bond motifs is 1. The largest absolute Gasteiger partial charge is 0.478 e. The predicted octanol–water partition coefficient (Wildman–Crippen LogP) is 1.78. The maximum Gasteiger partial charge on any atom is 0.338 e. The summed E-state index contributed by atoms with van der Waals surface area (Å²) < 4.78 is 1.89. The minimum Gasteiger partial charge on any atom is -0.478 e.